The minimum absolute atomic E-state index is 0.279. The van der Waals surface area contributed by atoms with Gasteiger partial charge in [-0.15, -0.1) is 0 Å². The topological polar surface area (TPSA) is 66.0 Å². The molecule has 0 aliphatic heterocycles. The van der Waals surface area contributed by atoms with Crippen molar-refractivity contribution in [2.45, 2.75) is 0 Å². The number of halogens is 1. The first-order valence-electron chi connectivity index (χ1n) is 10.4. The molecule has 34 heavy (non-hydrogen) atoms. The Labute approximate surface area is 204 Å². The average molecular weight is 480 g/mol. The highest BCUT2D eigenvalue weighted by atomic mass is 35.5. The number of benzene rings is 3. The van der Waals surface area contributed by atoms with Gasteiger partial charge in [-0.2, -0.15) is 0 Å². The van der Waals surface area contributed by atoms with Gasteiger partial charge in [0.2, 0.25) is 11.7 Å². The fourth-order valence-corrected chi connectivity index (χ4v) is 3.36. The molecule has 0 fully saturated rings. The summed E-state index contributed by atoms with van der Waals surface area (Å²) in [5.74, 6) is 1.94. The summed E-state index contributed by atoms with van der Waals surface area (Å²) in [5.41, 5.74) is 3.15. The smallest absolute Gasteiger partial charge is 0.248 e. The van der Waals surface area contributed by atoms with Gasteiger partial charge in [0.1, 0.15) is 5.75 Å². The van der Waals surface area contributed by atoms with Crippen LogP contribution >= 0.6 is 11.6 Å². The summed E-state index contributed by atoms with van der Waals surface area (Å²) in [7, 11) is 6.27. The SMILES string of the molecule is COc1ccc(/C=C/c2cc(OC)c(OC)c(OC)c2)cc1NC(=O)/C=C/c1ccc(Cl)cc1. The maximum absolute atomic E-state index is 12.5. The van der Waals surface area contributed by atoms with E-state index in [-0.39, 0.29) is 5.91 Å². The standard InChI is InChI=1S/C27H26ClNO5/c1-31-23-13-9-19(5-6-20-16-24(32-2)27(34-4)25(17-20)33-3)15-22(23)29-26(30)14-10-18-7-11-21(28)12-8-18/h5-17H,1-4H3,(H,29,30)/b6-5+,14-10+. The summed E-state index contributed by atoms with van der Waals surface area (Å²) in [4.78, 5) is 12.5. The van der Waals surface area contributed by atoms with Crippen LogP contribution in [0.5, 0.6) is 23.0 Å². The van der Waals surface area contributed by atoms with Crippen LogP contribution < -0.4 is 24.3 Å². The molecule has 0 bridgehead atoms. The van der Waals surface area contributed by atoms with Gasteiger partial charge in [-0.05, 0) is 59.2 Å². The van der Waals surface area contributed by atoms with Crippen molar-refractivity contribution in [2.24, 2.45) is 0 Å². The lowest BCUT2D eigenvalue weighted by atomic mass is 10.1. The minimum atomic E-state index is -0.279. The quantitative estimate of drug-likeness (QED) is 0.292. The van der Waals surface area contributed by atoms with E-state index in [0.717, 1.165) is 16.7 Å². The van der Waals surface area contributed by atoms with Crippen molar-refractivity contribution >= 4 is 41.4 Å². The van der Waals surface area contributed by atoms with Crippen LogP contribution in [0.15, 0.2) is 60.7 Å². The molecule has 3 aromatic carbocycles. The van der Waals surface area contributed by atoms with E-state index in [0.29, 0.717) is 33.7 Å². The highest BCUT2D eigenvalue weighted by molar-refractivity contribution is 6.30. The molecule has 0 atom stereocenters. The first-order chi connectivity index (χ1) is 16.5. The number of rotatable bonds is 9. The second-order valence-corrected chi connectivity index (χ2v) is 7.56. The van der Waals surface area contributed by atoms with Crippen molar-refractivity contribution in [3.8, 4) is 23.0 Å². The van der Waals surface area contributed by atoms with Gasteiger partial charge in [-0.3, -0.25) is 4.79 Å². The second kappa shape index (κ2) is 11.8. The third-order valence-electron chi connectivity index (χ3n) is 4.93. The third kappa shape index (κ3) is 6.33. The first-order valence-corrected chi connectivity index (χ1v) is 10.8. The third-order valence-corrected chi connectivity index (χ3v) is 5.19. The summed E-state index contributed by atoms with van der Waals surface area (Å²) in [6.45, 7) is 0. The van der Waals surface area contributed by atoms with Gasteiger partial charge in [0, 0.05) is 11.1 Å². The summed E-state index contributed by atoms with van der Waals surface area (Å²) in [6, 6.07) is 16.4. The van der Waals surface area contributed by atoms with Crippen molar-refractivity contribution < 1.29 is 23.7 Å². The van der Waals surface area contributed by atoms with E-state index in [2.05, 4.69) is 5.32 Å². The molecule has 0 unspecified atom stereocenters. The normalized spacial score (nSPS) is 11.0. The molecule has 0 aliphatic carbocycles. The molecule has 0 radical (unpaired) electrons. The molecule has 6 nitrogen and oxygen atoms in total. The number of ether oxygens (including phenoxy) is 4. The Kier molecular flexibility index (Phi) is 8.60. The lowest BCUT2D eigenvalue weighted by Crippen LogP contribution is -2.09. The van der Waals surface area contributed by atoms with Crippen LogP contribution in [0.25, 0.3) is 18.2 Å². The van der Waals surface area contributed by atoms with E-state index in [9.17, 15) is 4.79 Å². The van der Waals surface area contributed by atoms with Crippen LogP contribution in [0.4, 0.5) is 5.69 Å². The van der Waals surface area contributed by atoms with Crippen molar-refractivity contribution in [3.05, 3.63) is 82.4 Å². The van der Waals surface area contributed by atoms with Crippen LogP contribution in [-0.2, 0) is 4.79 Å². The summed E-state index contributed by atoms with van der Waals surface area (Å²) >= 11 is 5.90. The zero-order valence-electron chi connectivity index (χ0n) is 19.4. The summed E-state index contributed by atoms with van der Waals surface area (Å²) in [6.07, 6.45) is 7.01. The fourth-order valence-electron chi connectivity index (χ4n) is 3.24. The molecule has 0 saturated carbocycles. The Hall–Kier alpha value is -3.90. The van der Waals surface area contributed by atoms with Crippen LogP contribution in [-0.4, -0.2) is 34.3 Å². The number of carbonyl (C=O) groups is 1. The van der Waals surface area contributed by atoms with Crippen LogP contribution in [0, 0.1) is 0 Å². The van der Waals surface area contributed by atoms with Crippen molar-refractivity contribution in [2.75, 3.05) is 33.8 Å². The minimum Gasteiger partial charge on any atom is -0.495 e. The van der Waals surface area contributed by atoms with E-state index in [1.54, 1.807) is 52.7 Å². The van der Waals surface area contributed by atoms with Gasteiger partial charge >= 0.3 is 0 Å². The van der Waals surface area contributed by atoms with E-state index in [1.165, 1.54) is 6.08 Å². The number of amides is 1. The lowest BCUT2D eigenvalue weighted by Gasteiger charge is -2.13. The maximum Gasteiger partial charge on any atom is 0.248 e. The molecule has 1 amide bonds. The van der Waals surface area contributed by atoms with E-state index < -0.39 is 0 Å². The largest absolute Gasteiger partial charge is 0.495 e. The molecule has 3 aromatic rings. The Morgan fingerprint density at radius 3 is 1.88 bits per heavy atom. The Bertz CT molecular complexity index is 1180. The average Bonchev–Trinajstić information content (AvgIpc) is 2.86. The highest BCUT2D eigenvalue weighted by Gasteiger charge is 2.12. The first kappa shape index (κ1) is 24.7. The number of hydrogen-bond acceptors (Lipinski definition) is 5. The molecule has 7 heteroatoms. The molecule has 0 aliphatic rings. The molecular formula is C27H26ClNO5. The van der Waals surface area contributed by atoms with Crippen LogP contribution in [0.3, 0.4) is 0 Å². The van der Waals surface area contributed by atoms with Crippen molar-refractivity contribution in [3.63, 3.8) is 0 Å². The zero-order valence-corrected chi connectivity index (χ0v) is 20.2. The molecule has 3 rings (SSSR count). The van der Waals surface area contributed by atoms with Gasteiger partial charge in [0.05, 0.1) is 34.1 Å². The van der Waals surface area contributed by atoms with E-state index in [4.69, 9.17) is 30.5 Å². The maximum atomic E-state index is 12.5. The Morgan fingerprint density at radius 2 is 1.29 bits per heavy atom. The molecule has 0 saturated heterocycles. The van der Waals surface area contributed by atoms with E-state index >= 15 is 0 Å². The summed E-state index contributed by atoms with van der Waals surface area (Å²) < 4.78 is 21.6. The zero-order chi connectivity index (χ0) is 24.5. The van der Waals surface area contributed by atoms with Gasteiger partial charge in [0.25, 0.3) is 0 Å². The molecule has 0 aromatic heterocycles. The molecule has 1 N–H and O–H groups in total. The summed E-state index contributed by atoms with van der Waals surface area (Å²) in [5, 5.41) is 3.51. The molecular weight excluding hydrogens is 454 g/mol. The molecule has 176 valence electrons. The number of anilines is 1. The van der Waals surface area contributed by atoms with Crippen molar-refractivity contribution in [1.82, 2.24) is 0 Å². The number of nitrogens with one attached hydrogen (secondary N) is 1. The Balaban J connectivity index is 1.80. The van der Waals surface area contributed by atoms with Gasteiger partial charge in [0.15, 0.2) is 11.5 Å². The highest BCUT2D eigenvalue weighted by Crippen LogP contribution is 2.38. The number of methoxy groups -OCH3 is 4. The predicted molar refractivity (Wildman–Crippen MR) is 137 cm³/mol. The second-order valence-electron chi connectivity index (χ2n) is 7.13. The monoisotopic (exact) mass is 479 g/mol. The van der Waals surface area contributed by atoms with Crippen LogP contribution in [0.2, 0.25) is 5.02 Å². The molecule has 0 spiro atoms. The Morgan fingerprint density at radius 1 is 0.706 bits per heavy atom. The van der Waals surface area contributed by atoms with Crippen LogP contribution in [0.1, 0.15) is 16.7 Å². The van der Waals surface area contributed by atoms with Gasteiger partial charge in [-0.25, -0.2) is 0 Å². The molecule has 0 heterocycles. The number of hydrogen-bond donors (Lipinski definition) is 1. The number of carbonyl (C=O) groups excluding carboxylic acids is 1. The van der Waals surface area contributed by atoms with Crippen molar-refractivity contribution in [1.29, 1.82) is 0 Å². The fraction of sp³-hybridized carbons (Fsp3) is 0.148. The predicted octanol–water partition coefficient (Wildman–Crippen LogP) is 6.20. The van der Waals surface area contributed by atoms with Gasteiger partial charge in [-0.1, -0.05) is 42.0 Å². The van der Waals surface area contributed by atoms with Gasteiger partial charge < -0.3 is 24.3 Å². The lowest BCUT2D eigenvalue weighted by molar-refractivity contribution is -0.111. The van der Waals surface area contributed by atoms with E-state index in [1.807, 2.05) is 48.6 Å².